The van der Waals surface area contributed by atoms with Gasteiger partial charge in [-0.05, 0) is 25.2 Å². The molecule has 0 spiro atoms. The van der Waals surface area contributed by atoms with Crippen LogP contribution in [0.5, 0.6) is 0 Å². The minimum Gasteiger partial charge on any atom is -0.370 e. The Morgan fingerprint density at radius 3 is 3.05 bits per heavy atom. The van der Waals surface area contributed by atoms with Crippen molar-refractivity contribution in [2.45, 2.75) is 37.2 Å². The average Bonchev–Trinajstić information content (AvgIpc) is 2.92. The van der Waals surface area contributed by atoms with Crippen molar-refractivity contribution in [1.29, 1.82) is 0 Å². The normalized spacial score (nSPS) is 21.3. The summed E-state index contributed by atoms with van der Waals surface area (Å²) in [5, 5.41) is 0. The van der Waals surface area contributed by atoms with E-state index >= 15 is 0 Å². The summed E-state index contributed by atoms with van der Waals surface area (Å²) in [6, 6.07) is 0. The van der Waals surface area contributed by atoms with Crippen LogP contribution in [0.15, 0.2) is 0 Å². The van der Waals surface area contributed by atoms with Gasteiger partial charge in [0.15, 0.2) is 0 Å². The smallest absolute Gasteiger partial charge is 0.222 e. The number of carbonyl (C=O) groups is 1. The predicted octanol–water partition coefficient (Wildman–Crippen LogP) is 1.29. The molecule has 1 aromatic heterocycles. The number of aromatic nitrogens is 2. The standard InChI is InChI=1S/C14H21N5OS/c15-12(20)4-3-9-2-1-5-19(6-9)13-10-7-21-8-11(10)17-14(16)18-13/h9H,1-8H2,(H2,15,20)(H2,16,17,18). The van der Waals surface area contributed by atoms with Gasteiger partial charge in [0.25, 0.3) is 0 Å². The first-order chi connectivity index (χ1) is 10.1. The highest BCUT2D eigenvalue weighted by Gasteiger charge is 2.27. The molecule has 1 amide bonds. The van der Waals surface area contributed by atoms with Gasteiger partial charge in [0.2, 0.25) is 11.9 Å². The molecule has 1 unspecified atom stereocenters. The molecule has 0 saturated carbocycles. The van der Waals surface area contributed by atoms with Gasteiger partial charge in [0.05, 0.1) is 5.69 Å². The average molecular weight is 307 g/mol. The lowest BCUT2D eigenvalue weighted by atomic mass is 9.93. The van der Waals surface area contributed by atoms with Crippen molar-refractivity contribution >= 4 is 29.4 Å². The molecular formula is C14H21N5OS. The molecule has 3 rings (SSSR count). The lowest BCUT2D eigenvalue weighted by molar-refractivity contribution is -0.118. The largest absolute Gasteiger partial charge is 0.370 e. The third kappa shape index (κ3) is 3.23. The Balaban J connectivity index is 1.76. The second-order valence-electron chi connectivity index (χ2n) is 5.78. The number of piperidine rings is 1. The van der Waals surface area contributed by atoms with E-state index in [0.717, 1.165) is 55.4 Å². The fraction of sp³-hybridized carbons (Fsp3) is 0.643. The van der Waals surface area contributed by atoms with Gasteiger partial charge in [0.1, 0.15) is 5.82 Å². The van der Waals surface area contributed by atoms with E-state index in [1.165, 1.54) is 5.56 Å². The maximum Gasteiger partial charge on any atom is 0.222 e. The molecular weight excluding hydrogens is 286 g/mol. The monoisotopic (exact) mass is 307 g/mol. The fourth-order valence-electron chi connectivity index (χ4n) is 3.15. The summed E-state index contributed by atoms with van der Waals surface area (Å²) in [6.07, 6.45) is 3.61. The molecule has 3 heterocycles. The van der Waals surface area contributed by atoms with E-state index in [1.807, 2.05) is 11.8 Å². The number of amides is 1. The number of nitrogens with two attached hydrogens (primary N) is 2. The first-order valence-electron chi connectivity index (χ1n) is 7.39. The van der Waals surface area contributed by atoms with Crippen LogP contribution >= 0.6 is 11.8 Å². The van der Waals surface area contributed by atoms with Crippen LogP contribution in [0, 0.1) is 5.92 Å². The van der Waals surface area contributed by atoms with E-state index < -0.39 is 0 Å². The van der Waals surface area contributed by atoms with Crippen molar-refractivity contribution in [2.24, 2.45) is 11.7 Å². The van der Waals surface area contributed by atoms with Crippen molar-refractivity contribution in [3.05, 3.63) is 11.3 Å². The van der Waals surface area contributed by atoms with Gasteiger partial charge >= 0.3 is 0 Å². The lowest BCUT2D eigenvalue weighted by Gasteiger charge is -2.34. The second kappa shape index (κ2) is 6.09. The third-order valence-corrected chi connectivity index (χ3v) is 5.16. The van der Waals surface area contributed by atoms with E-state index in [0.29, 0.717) is 18.3 Å². The van der Waals surface area contributed by atoms with Crippen molar-refractivity contribution in [3.8, 4) is 0 Å². The molecule has 2 aliphatic rings. The minimum absolute atomic E-state index is 0.212. The number of primary amides is 1. The van der Waals surface area contributed by atoms with Gasteiger partial charge in [-0.2, -0.15) is 16.7 Å². The zero-order valence-corrected chi connectivity index (χ0v) is 12.9. The van der Waals surface area contributed by atoms with Crippen molar-refractivity contribution in [3.63, 3.8) is 0 Å². The highest BCUT2D eigenvalue weighted by atomic mass is 32.2. The van der Waals surface area contributed by atoms with Crippen LogP contribution in [0.3, 0.4) is 0 Å². The number of nitrogen functional groups attached to an aromatic ring is 1. The molecule has 21 heavy (non-hydrogen) atoms. The Kier molecular flexibility index (Phi) is 4.19. The van der Waals surface area contributed by atoms with Crippen molar-refractivity contribution in [2.75, 3.05) is 23.7 Å². The summed E-state index contributed by atoms with van der Waals surface area (Å²) in [5.41, 5.74) is 13.4. The van der Waals surface area contributed by atoms with Crippen LogP contribution in [0.1, 0.15) is 36.9 Å². The molecule has 6 nitrogen and oxygen atoms in total. The fourth-order valence-corrected chi connectivity index (χ4v) is 4.19. The minimum atomic E-state index is -0.212. The molecule has 4 N–H and O–H groups in total. The maximum atomic E-state index is 11.0. The van der Waals surface area contributed by atoms with Crippen LogP contribution in [-0.2, 0) is 16.3 Å². The quantitative estimate of drug-likeness (QED) is 0.869. The Labute approximate surface area is 128 Å². The van der Waals surface area contributed by atoms with E-state index in [1.54, 1.807) is 0 Å². The molecule has 0 radical (unpaired) electrons. The number of hydrogen-bond donors (Lipinski definition) is 2. The third-order valence-electron chi connectivity index (χ3n) is 4.19. The topological polar surface area (TPSA) is 98.1 Å². The number of carbonyl (C=O) groups excluding carboxylic acids is 1. The molecule has 7 heteroatoms. The molecule has 114 valence electrons. The van der Waals surface area contributed by atoms with Crippen LogP contribution < -0.4 is 16.4 Å². The zero-order valence-electron chi connectivity index (χ0n) is 12.0. The second-order valence-corrected chi connectivity index (χ2v) is 6.77. The van der Waals surface area contributed by atoms with Crippen LogP contribution in [0.4, 0.5) is 11.8 Å². The predicted molar refractivity (Wildman–Crippen MR) is 84.8 cm³/mol. The van der Waals surface area contributed by atoms with Crippen LogP contribution in [0.2, 0.25) is 0 Å². The Morgan fingerprint density at radius 2 is 2.24 bits per heavy atom. The van der Waals surface area contributed by atoms with E-state index in [2.05, 4.69) is 14.9 Å². The first-order valence-corrected chi connectivity index (χ1v) is 8.55. The zero-order chi connectivity index (χ0) is 14.8. The summed E-state index contributed by atoms with van der Waals surface area (Å²) < 4.78 is 0. The Morgan fingerprint density at radius 1 is 1.38 bits per heavy atom. The number of thioether (sulfide) groups is 1. The molecule has 1 fully saturated rings. The molecule has 0 aromatic carbocycles. The highest BCUT2D eigenvalue weighted by molar-refractivity contribution is 7.98. The highest BCUT2D eigenvalue weighted by Crippen LogP contribution is 2.36. The SMILES string of the molecule is NC(=O)CCC1CCCN(c2nc(N)nc3c2CSC3)C1. The number of fused-ring (bicyclic) bond motifs is 1. The van der Waals surface area contributed by atoms with Gasteiger partial charge in [-0.3, -0.25) is 4.79 Å². The Hall–Kier alpha value is -1.50. The van der Waals surface area contributed by atoms with Gasteiger partial charge in [0, 0.05) is 36.6 Å². The molecule has 0 aliphatic carbocycles. The maximum absolute atomic E-state index is 11.0. The molecule has 0 bridgehead atoms. The summed E-state index contributed by atoms with van der Waals surface area (Å²) in [6.45, 7) is 1.93. The molecule has 1 saturated heterocycles. The number of anilines is 2. The summed E-state index contributed by atoms with van der Waals surface area (Å²) in [5.74, 6) is 3.56. The number of rotatable bonds is 4. The van der Waals surface area contributed by atoms with Crippen LogP contribution in [0.25, 0.3) is 0 Å². The van der Waals surface area contributed by atoms with E-state index in [9.17, 15) is 4.79 Å². The van der Waals surface area contributed by atoms with E-state index in [4.69, 9.17) is 11.5 Å². The van der Waals surface area contributed by atoms with Gasteiger partial charge in [-0.15, -0.1) is 0 Å². The van der Waals surface area contributed by atoms with E-state index in [-0.39, 0.29) is 5.91 Å². The summed E-state index contributed by atoms with van der Waals surface area (Å²) in [7, 11) is 0. The molecule has 1 aromatic rings. The lowest BCUT2D eigenvalue weighted by Crippen LogP contribution is -2.37. The van der Waals surface area contributed by atoms with Gasteiger partial charge in [-0.25, -0.2) is 4.98 Å². The molecule has 2 aliphatic heterocycles. The number of hydrogen-bond acceptors (Lipinski definition) is 6. The van der Waals surface area contributed by atoms with Crippen LogP contribution in [-0.4, -0.2) is 29.0 Å². The summed E-state index contributed by atoms with van der Waals surface area (Å²) in [4.78, 5) is 22.1. The van der Waals surface area contributed by atoms with Crippen molar-refractivity contribution < 1.29 is 4.79 Å². The first kappa shape index (κ1) is 14.4. The van der Waals surface area contributed by atoms with Gasteiger partial charge in [-0.1, -0.05) is 0 Å². The molecule has 1 atom stereocenters. The Bertz CT molecular complexity index is 550. The number of nitrogens with zero attached hydrogens (tertiary/aromatic N) is 3. The van der Waals surface area contributed by atoms with Crippen molar-refractivity contribution in [1.82, 2.24) is 9.97 Å². The summed E-state index contributed by atoms with van der Waals surface area (Å²) >= 11 is 1.86. The van der Waals surface area contributed by atoms with Gasteiger partial charge < -0.3 is 16.4 Å².